The van der Waals surface area contributed by atoms with Crippen LogP contribution >= 0.6 is 11.8 Å². The summed E-state index contributed by atoms with van der Waals surface area (Å²) < 4.78 is 7.29. The number of methoxy groups -OCH3 is 1. The molecular formula is C22H31N5O2S. The van der Waals surface area contributed by atoms with E-state index in [2.05, 4.69) is 27.4 Å². The first-order valence-electron chi connectivity index (χ1n) is 10.9. The molecule has 2 fully saturated rings. The van der Waals surface area contributed by atoms with E-state index >= 15 is 0 Å². The zero-order chi connectivity index (χ0) is 21.1. The van der Waals surface area contributed by atoms with Crippen LogP contribution in [0.1, 0.15) is 39.5 Å². The lowest BCUT2D eigenvalue weighted by Crippen LogP contribution is -2.43. The summed E-state index contributed by atoms with van der Waals surface area (Å²) in [5.41, 5.74) is 0.947. The van der Waals surface area contributed by atoms with Crippen LogP contribution in [0.2, 0.25) is 0 Å². The molecule has 0 spiro atoms. The minimum absolute atomic E-state index is 0.0713. The van der Waals surface area contributed by atoms with E-state index in [-0.39, 0.29) is 17.2 Å². The van der Waals surface area contributed by atoms with Crippen LogP contribution in [0.3, 0.4) is 0 Å². The number of thioether (sulfide) groups is 1. The highest BCUT2D eigenvalue weighted by molar-refractivity contribution is 8.00. The van der Waals surface area contributed by atoms with Crippen LogP contribution < -0.4 is 5.32 Å². The van der Waals surface area contributed by atoms with Crippen LogP contribution in [-0.2, 0) is 16.1 Å². The number of carbonyl (C=O) groups is 1. The topological polar surface area (TPSA) is 81.9 Å². The fourth-order valence-corrected chi connectivity index (χ4v) is 5.93. The summed E-state index contributed by atoms with van der Waals surface area (Å²) in [7, 11) is 1.68. The number of aromatic nitrogens is 4. The Hall–Kier alpha value is -1.93. The third kappa shape index (κ3) is 4.54. The van der Waals surface area contributed by atoms with E-state index in [1.54, 1.807) is 19.5 Å². The standard InChI is InChI=1S/C22H31N5O2S/c1-14(19-13-16-4-5-18(19)12-16)24-21(28)15(2)30-22-26-25-20(27(22)10-11-29-3)17-6-8-23-9-7-17/h6-9,14-16,18-19H,4-5,10-13H2,1-3H3,(H,24,28). The third-order valence-electron chi connectivity index (χ3n) is 6.63. The van der Waals surface area contributed by atoms with Gasteiger partial charge in [0.2, 0.25) is 5.91 Å². The summed E-state index contributed by atoms with van der Waals surface area (Å²) in [6.45, 7) is 5.28. The Morgan fingerprint density at radius 3 is 2.73 bits per heavy atom. The molecule has 0 aliphatic heterocycles. The van der Waals surface area contributed by atoms with Gasteiger partial charge in [-0.1, -0.05) is 18.2 Å². The number of hydrogen-bond donors (Lipinski definition) is 1. The molecular weight excluding hydrogens is 398 g/mol. The van der Waals surface area contributed by atoms with Crippen LogP contribution in [0.4, 0.5) is 0 Å². The summed E-state index contributed by atoms with van der Waals surface area (Å²) >= 11 is 1.45. The molecule has 4 rings (SSSR count). The predicted octanol–water partition coefficient (Wildman–Crippen LogP) is 3.41. The number of amides is 1. The number of pyridine rings is 1. The molecule has 2 aliphatic carbocycles. The summed E-state index contributed by atoms with van der Waals surface area (Å²) in [6.07, 6.45) is 8.82. The second-order valence-corrected chi connectivity index (χ2v) is 9.89. The van der Waals surface area contributed by atoms with Crippen molar-refractivity contribution in [3.05, 3.63) is 24.5 Å². The quantitative estimate of drug-likeness (QED) is 0.615. The SMILES string of the molecule is COCCn1c(SC(C)C(=O)NC(C)C2CC3CCC2C3)nnc1-c1ccncc1. The maximum Gasteiger partial charge on any atom is 0.233 e. The first-order valence-corrected chi connectivity index (χ1v) is 11.7. The van der Waals surface area contributed by atoms with Gasteiger partial charge in [0, 0.05) is 31.1 Å². The molecule has 5 atom stereocenters. The predicted molar refractivity (Wildman–Crippen MR) is 117 cm³/mol. The van der Waals surface area contributed by atoms with Crippen molar-refractivity contribution in [2.24, 2.45) is 17.8 Å². The average molecular weight is 430 g/mol. The van der Waals surface area contributed by atoms with Gasteiger partial charge in [-0.15, -0.1) is 10.2 Å². The van der Waals surface area contributed by atoms with Crippen molar-refractivity contribution in [2.45, 2.75) is 62.5 Å². The highest BCUT2D eigenvalue weighted by Crippen LogP contribution is 2.49. The Morgan fingerprint density at radius 1 is 1.27 bits per heavy atom. The maximum atomic E-state index is 12.9. The summed E-state index contributed by atoms with van der Waals surface area (Å²) in [4.78, 5) is 17.0. The number of nitrogens with zero attached hydrogens (tertiary/aromatic N) is 4. The van der Waals surface area contributed by atoms with Gasteiger partial charge in [-0.3, -0.25) is 14.3 Å². The number of hydrogen-bond acceptors (Lipinski definition) is 6. The Balaban J connectivity index is 1.42. The summed E-state index contributed by atoms with van der Waals surface area (Å²) in [5.74, 6) is 3.15. The molecule has 7 nitrogen and oxygen atoms in total. The smallest absolute Gasteiger partial charge is 0.233 e. The molecule has 0 aromatic carbocycles. The zero-order valence-electron chi connectivity index (χ0n) is 18.0. The monoisotopic (exact) mass is 429 g/mol. The number of rotatable bonds is 9. The van der Waals surface area contributed by atoms with E-state index in [1.165, 1.54) is 37.4 Å². The number of carbonyl (C=O) groups excluding carboxylic acids is 1. The van der Waals surface area contributed by atoms with Gasteiger partial charge < -0.3 is 10.1 Å². The van der Waals surface area contributed by atoms with Crippen molar-refractivity contribution in [2.75, 3.05) is 13.7 Å². The van der Waals surface area contributed by atoms with E-state index in [0.717, 1.165) is 28.4 Å². The van der Waals surface area contributed by atoms with Gasteiger partial charge in [0.15, 0.2) is 11.0 Å². The lowest BCUT2D eigenvalue weighted by atomic mass is 9.84. The molecule has 8 heteroatoms. The number of fused-ring (bicyclic) bond motifs is 2. The molecule has 30 heavy (non-hydrogen) atoms. The van der Waals surface area contributed by atoms with Crippen molar-refractivity contribution in [1.82, 2.24) is 25.1 Å². The van der Waals surface area contributed by atoms with Crippen molar-refractivity contribution in [3.8, 4) is 11.4 Å². The van der Waals surface area contributed by atoms with E-state index in [4.69, 9.17) is 4.74 Å². The van der Waals surface area contributed by atoms with Crippen LogP contribution in [0, 0.1) is 17.8 Å². The van der Waals surface area contributed by atoms with Crippen LogP contribution in [-0.4, -0.2) is 50.7 Å². The molecule has 0 radical (unpaired) electrons. The summed E-state index contributed by atoms with van der Waals surface area (Å²) in [6, 6.07) is 4.05. The van der Waals surface area contributed by atoms with E-state index in [9.17, 15) is 4.79 Å². The highest BCUT2D eigenvalue weighted by Gasteiger charge is 2.42. The van der Waals surface area contributed by atoms with E-state index in [1.807, 2.05) is 23.6 Å². The molecule has 2 aliphatic rings. The zero-order valence-corrected chi connectivity index (χ0v) is 18.8. The van der Waals surface area contributed by atoms with Crippen molar-refractivity contribution >= 4 is 17.7 Å². The Kier molecular flexibility index (Phi) is 6.73. The first-order chi connectivity index (χ1) is 14.6. The maximum absolute atomic E-state index is 12.9. The fourth-order valence-electron chi connectivity index (χ4n) is 5.04. The Morgan fingerprint density at radius 2 is 2.07 bits per heavy atom. The first kappa shape index (κ1) is 21.3. The average Bonchev–Trinajstić information content (AvgIpc) is 3.49. The second-order valence-electron chi connectivity index (χ2n) is 8.58. The van der Waals surface area contributed by atoms with Crippen molar-refractivity contribution < 1.29 is 9.53 Å². The van der Waals surface area contributed by atoms with Gasteiger partial charge >= 0.3 is 0 Å². The molecule has 2 aromatic heterocycles. The molecule has 2 heterocycles. The third-order valence-corrected chi connectivity index (χ3v) is 7.71. The van der Waals surface area contributed by atoms with Crippen LogP contribution in [0.15, 0.2) is 29.7 Å². The van der Waals surface area contributed by atoms with Gasteiger partial charge in [-0.2, -0.15) is 0 Å². The van der Waals surface area contributed by atoms with Gasteiger partial charge in [-0.25, -0.2) is 0 Å². The fraction of sp³-hybridized carbons (Fsp3) is 0.636. The summed E-state index contributed by atoms with van der Waals surface area (Å²) in [5, 5.41) is 12.5. The Bertz CT molecular complexity index is 858. The largest absolute Gasteiger partial charge is 0.383 e. The molecule has 2 saturated carbocycles. The van der Waals surface area contributed by atoms with Crippen molar-refractivity contribution in [1.29, 1.82) is 0 Å². The number of nitrogens with one attached hydrogen (secondary N) is 1. The van der Waals surface area contributed by atoms with Crippen LogP contribution in [0.25, 0.3) is 11.4 Å². The molecule has 5 unspecified atom stereocenters. The van der Waals surface area contributed by atoms with Gasteiger partial charge in [-0.05, 0) is 63.0 Å². The highest BCUT2D eigenvalue weighted by atomic mass is 32.2. The van der Waals surface area contributed by atoms with Crippen LogP contribution in [0.5, 0.6) is 0 Å². The Labute approximate surface area is 182 Å². The van der Waals surface area contributed by atoms with Gasteiger partial charge in [0.1, 0.15) is 0 Å². The van der Waals surface area contributed by atoms with E-state index in [0.29, 0.717) is 19.1 Å². The van der Waals surface area contributed by atoms with E-state index < -0.39 is 0 Å². The lowest BCUT2D eigenvalue weighted by molar-refractivity contribution is -0.121. The van der Waals surface area contributed by atoms with Gasteiger partial charge in [0.05, 0.1) is 18.4 Å². The lowest BCUT2D eigenvalue weighted by Gasteiger charge is -2.29. The van der Waals surface area contributed by atoms with Crippen molar-refractivity contribution in [3.63, 3.8) is 0 Å². The molecule has 0 saturated heterocycles. The molecule has 1 amide bonds. The minimum atomic E-state index is -0.248. The molecule has 1 N–H and O–H groups in total. The normalized spacial score (nSPS) is 24.7. The number of ether oxygens (including phenoxy) is 1. The molecule has 2 aromatic rings. The molecule has 162 valence electrons. The molecule has 2 bridgehead atoms. The second kappa shape index (κ2) is 9.47. The van der Waals surface area contributed by atoms with Gasteiger partial charge in [0.25, 0.3) is 0 Å². The minimum Gasteiger partial charge on any atom is -0.383 e.